The van der Waals surface area contributed by atoms with E-state index in [1.807, 2.05) is 24.3 Å². The number of hydrogen-bond donors (Lipinski definition) is 1. The molecule has 0 bridgehead atoms. The van der Waals surface area contributed by atoms with Crippen LogP contribution in [0.1, 0.15) is 31.4 Å². The van der Waals surface area contributed by atoms with Gasteiger partial charge in [-0.15, -0.1) is 10.2 Å². The maximum Gasteiger partial charge on any atom is 0.273 e. The first-order valence-corrected chi connectivity index (χ1v) is 12.5. The topological polar surface area (TPSA) is 91.4 Å². The van der Waals surface area contributed by atoms with Crippen molar-refractivity contribution in [2.45, 2.75) is 32.1 Å². The number of nitrogens with zero attached hydrogens (tertiary/aromatic N) is 4. The van der Waals surface area contributed by atoms with Crippen molar-refractivity contribution >= 4 is 11.6 Å². The van der Waals surface area contributed by atoms with Crippen LogP contribution in [0.5, 0.6) is 5.75 Å². The average Bonchev–Trinajstić information content (AvgIpc) is 2.87. The van der Waals surface area contributed by atoms with Gasteiger partial charge in [-0.2, -0.15) is 0 Å². The Labute approximate surface area is 209 Å². The lowest BCUT2D eigenvalue weighted by Crippen LogP contribution is -2.48. The van der Waals surface area contributed by atoms with Gasteiger partial charge in [0.05, 0.1) is 6.61 Å². The van der Waals surface area contributed by atoms with Crippen LogP contribution in [-0.4, -0.2) is 58.8 Å². The van der Waals surface area contributed by atoms with Gasteiger partial charge in [-0.3, -0.25) is 9.59 Å². The van der Waals surface area contributed by atoms with Gasteiger partial charge in [0.1, 0.15) is 17.3 Å². The highest BCUT2D eigenvalue weighted by atomic mass is 19.1. The smallest absolute Gasteiger partial charge is 0.273 e. The summed E-state index contributed by atoms with van der Waals surface area (Å²) in [5.74, 6) is 1.47. The number of carbonyl (C=O) groups excluding carboxylic acids is 1. The molecule has 1 saturated carbocycles. The molecular formula is C27H30FN5O3. The Hall–Kier alpha value is -3.75. The summed E-state index contributed by atoms with van der Waals surface area (Å²) in [5.41, 5.74) is 1.58. The van der Waals surface area contributed by atoms with Crippen molar-refractivity contribution in [3.05, 3.63) is 70.4 Å². The van der Waals surface area contributed by atoms with Crippen LogP contribution in [0.3, 0.4) is 0 Å². The second-order valence-electron chi connectivity index (χ2n) is 9.43. The van der Waals surface area contributed by atoms with E-state index in [2.05, 4.69) is 20.1 Å². The van der Waals surface area contributed by atoms with E-state index in [1.165, 1.54) is 31.4 Å². The average molecular weight is 492 g/mol. The Kier molecular flexibility index (Phi) is 7.25. The number of amides is 1. The molecule has 9 heteroatoms. The lowest BCUT2D eigenvalue weighted by molar-refractivity contribution is -0.131. The largest absolute Gasteiger partial charge is 0.493 e. The van der Waals surface area contributed by atoms with Gasteiger partial charge in [0.2, 0.25) is 5.91 Å². The van der Waals surface area contributed by atoms with Crippen molar-refractivity contribution < 1.29 is 13.9 Å². The van der Waals surface area contributed by atoms with E-state index >= 15 is 0 Å². The number of aromatic nitrogens is 3. The molecule has 188 valence electrons. The molecule has 36 heavy (non-hydrogen) atoms. The number of piperazine rings is 1. The quantitative estimate of drug-likeness (QED) is 0.519. The second-order valence-corrected chi connectivity index (χ2v) is 9.43. The molecule has 1 aliphatic carbocycles. The lowest BCUT2D eigenvalue weighted by atomic mass is 9.86. The number of hydrogen-bond acceptors (Lipinski definition) is 6. The van der Waals surface area contributed by atoms with Gasteiger partial charge in [-0.05, 0) is 55.2 Å². The summed E-state index contributed by atoms with van der Waals surface area (Å²) in [6.07, 6.45) is 4.13. The normalized spacial score (nSPS) is 16.0. The number of carbonyl (C=O) groups is 1. The predicted octanol–water partition coefficient (Wildman–Crippen LogP) is 3.43. The van der Waals surface area contributed by atoms with Crippen LogP contribution >= 0.6 is 0 Å². The standard InChI is InChI=1S/C27H30FN5O3/c28-21-7-9-22(10-8-21)32-13-15-33(16-14-32)25(34)12-11-24-27(35)29-26(31-30-24)20-5-2-6-23(17-20)36-18-19-3-1-4-19/h2,5-10,17,19H,1,3-4,11-16,18H2,(H,29,31,35). The van der Waals surface area contributed by atoms with Crippen molar-refractivity contribution in [3.63, 3.8) is 0 Å². The number of H-pyrrole nitrogens is 1. The fourth-order valence-electron chi connectivity index (χ4n) is 4.51. The number of benzene rings is 2. The number of aromatic amines is 1. The minimum Gasteiger partial charge on any atom is -0.493 e. The van der Waals surface area contributed by atoms with Gasteiger partial charge in [0.25, 0.3) is 5.56 Å². The zero-order valence-corrected chi connectivity index (χ0v) is 20.2. The van der Waals surface area contributed by atoms with Gasteiger partial charge >= 0.3 is 0 Å². The van der Waals surface area contributed by atoms with Gasteiger partial charge < -0.3 is 19.5 Å². The van der Waals surface area contributed by atoms with Crippen LogP contribution in [0.25, 0.3) is 11.4 Å². The van der Waals surface area contributed by atoms with Crippen molar-refractivity contribution in [1.82, 2.24) is 20.1 Å². The molecule has 5 rings (SSSR count). The van der Waals surface area contributed by atoms with E-state index in [0.29, 0.717) is 44.5 Å². The molecule has 0 unspecified atom stereocenters. The molecule has 1 N–H and O–H groups in total. The molecule has 2 aliphatic rings. The van der Waals surface area contributed by atoms with Crippen molar-refractivity contribution in [3.8, 4) is 17.1 Å². The highest BCUT2D eigenvalue weighted by Crippen LogP contribution is 2.28. The predicted molar refractivity (Wildman–Crippen MR) is 134 cm³/mol. The molecule has 1 aromatic heterocycles. The van der Waals surface area contributed by atoms with Gasteiger partial charge in [-0.1, -0.05) is 18.6 Å². The van der Waals surface area contributed by atoms with Gasteiger partial charge in [-0.25, -0.2) is 4.39 Å². The van der Waals surface area contributed by atoms with Crippen LogP contribution < -0.4 is 15.2 Å². The Morgan fingerprint density at radius 1 is 1.06 bits per heavy atom. The number of anilines is 1. The van der Waals surface area contributed by atoms with Crippen molar-refractivity contribution in [2.75, 3.05) is 37.7 Å². The monoisotopic (exact) mass is 491 g/mol. The van der Waals surface area contributed by atoms with E-state index in [0.717, 1.165) is 17.0 Å². The van der Waals surface area contributed by atoms with E-state index in [1.54, 1.807) is 17.0 Å². The van der Waals surface area contributed by atoms with E-state index in [4.69, 9.17) is 4.74 Å². The number of ether oxygens (including phenoxy) is 1. The van der Waals surface area contributed by atoms with E-state index < -0.39 is 0 Å². The molecule has 3 aromatic rings. The van der Waals surface area contributed by atoms with E-state index in [-0.39, 0.29) is 35.8 Å². The molecule has 1 aliphatic heterocycles. The molecule has 1 saturated heterocycles. The highest BCUT2D eigenvalue weighted by Gasteiger charge is 2.22. The molecule has 0 radical (unpaired) electrons. The molecule has 8 nitrogen and oxygen atoms in total. The van der Waals surface area contributed by atoms with Gasteiger partial charge in [0.15, 0.2) is 5.82 Å². The van der Waals surface area contributed by atoms with Crippen LogP contribution in [0.2, 0.25) is 0 Å². The first kappa shape index (κ1) is 24.0. The Morgan fingerprint density at radius 3 is 2.53 bits per heavy atom. The van der Waals surface area contributed by atoms with Crippen LogP contribution in [0, 0.1) is 11.7 Å². The maximum atomic E-state index is 13.2. The SMILES string of the molecule is O=C(CCc1nnc(-c2cccc(OCC3CCC3)c2)[nH]c1=O)N1CCN(c2ccc(F)cc2)CC1. The Morgan fingerprint density at radius 2 is 1.83 bits per heavy atom. The number of aryl methyl sites for hydroxylation is 1. The van der Waals surface area contributed by atoms with Crippen LogP contribution in [0.15, 0.2) is 53.3 Å². The summed E-state index contributed by atoms with van der Waals surface area (Å²) < 4.78 is 19.0. The Balaban J connectivity index is 1.13. The zero-order chi connectivity index (χ0) is 24.9. The molecule has 0 spiro atoms. The van der Waals surface area contributed by atoms with Crippen LogP contribution in [0.4, 0.5) is 10.1 Å². The molecular weight excluding hydrogens is 461 g/mol. The third kappa shape index (κ3) is 5.72. The van der Waals surface area contributed by atoms with Crippen molar-refractivity contribution in [2.24, 2.45) is 5.92 Å². The van der Waals surface area contributed by atoms with Crippen molar-refractivity contribution in [1.29, 1.82) is 0 Å². The summed E-state index contributed by atoms with van der Waals surface area (Å²) in [7, 11) is 0. The highest BCUT2D eigenvalue weighted by molar-refractivity contribution is 5.76. The fraction of sp³-hybridized carbons (Fsp3) is 0.407. The van der Waals surface area contributed by atoms with E-state index in [9.17, 15) is 14.0 Å². The first-order valence-electron chi connectivity index (χ1n) is 12.5. The van der Waals surface area contributed by atoms with Gasteiger partial charge in [0, 0.05) is 50.3 Å². The third-order valence-electron chi connectivity index (χ3n) is 6.98. The molecule has 2 aromatic carbocycles. The third-order valence-corrected chi connectivity index (χ3v) is 6.98. The summed E-state index contributed by atoms with van der Waals surface area (Å²) in [5, 5.41) is 8.31. The number of nitrogens with one attached hydrogen (secondary N) is 1. The number of rotatable bonds is 8. The Bertz CT molecular complexity index is 1250. The summed E-state index contributed by atoms with van der Waals surface area (Å²) in [4.78, 5) is 32.1. The molecule has 2 heterocycles. The lowest BCUT2D eigenvalue weighted by Gasteiger charge is -2.36. The summed E-state index contributed by atoms with van der Waals surface area (Å²) >= 11 is 0. The minimum absolute atomic E-state index is 0.0182. The molecule has 1 amide bonds. The summed E-state index contributed by atoms with van der Waals surface area (Å²) in [6.45, 7) is 3.22. The molecule has 2 fully saturated rings. The number of halogens is 1. The van der Waals surface area contributed by atoms with Crippen LogP contribution in [-0.2, 0) is 11.2 Å². The summed E-state index contributed by atoms with van der Waals surface area (Å²) in [6, 6.07) is 13.9. The minimum atomic E-state index is -0.338. The zero-order valence-electron chi connectivity index (χ0n) is 20.2. The first-order chi connectivity index (χ1) is 17.5. The second kappa shape index (κ2) is 10.9. The molecule has 0 atom stereocenters. The maximum absolute atomic E-state index is 13.2. The fourth-order valence-corrected chi connectivity index (χ4v) is 4.51.